The summed E-state index contributed by atoms with van der Waals surface area (Å²) < 4.78 is 24.8. The van der Waals surface area contributed by atoms with Gasteiger partial charge in [0.05, 0.1) is 11.3 Å². The van der Waals surface area contributed by atoms with Gasteiger partial charge in [0.25, 0.3) is 11.7 Å². The Morgan fingerprint density at radius 3 is 2.30 bits per heavy atom. The van der Waals surface area contributed by atoms with Crippen LogP contribution in [0.2, 0.25) is 0 Å². The van der Waals surface area contributed by atoms with Gasteiger partial charge < -0.3 is 15.1 Å². The number of nitrogens with one attached hydrogen (secondary N) is 1. The number of para-hydroxylation sites is 1. The van der Waals surface area contributed by atoms with Gasteiger partial charge in [0.1, 0.15) is 0 Å². The van der Waals surface area contributed by atoms with E-state index in [9.17, 15) is 13.6 Å². The summed E-state index contributed by atoms with van der Waals surface area (Å²) in [7, 11) is 2.05. The number of alkyl halides is 2. The maximum atomic E-state index is 12.9. The van der Waals surface area contributed by atoms with Crippen molar-refractivity contribution in [2.24, 2.45) is 0 Å². The van der Waals surface area contributed by atoms with E-state index in [1.807, 2.05) is 36.2 Å². The van der Waals surface area contributed by atoms with E-state index >= 15 is 0 Å². The Labute approximate surface area is 168 Å². The number of benzene rings is 2. The average Bonchev–Trinajstić information content (AvgIpc) is 2.63. The van der Waals surface area contributed by atoms with Crippen molar-refractivity contribution in [2.75, 3.05) is 38.5 Å². The fourth-order valence-electron chi connectivity index (χ4n) is 2.83. The normalized spacial score (nSPS) is 14.7. The van der Waals surface area contributed by atoms with Crippen molar-refractivity contribution in [3.63, 3.8) is 0 Å². The minimum Gasteiger partial charge on any atom is -0.355 e. The monoisotopic (exact) mass is 413 g/mol. The van der Waals surface area contributed by atoms with Crippen molar-refractivity contribution in [1.82, 2.24) is 9.80 Å². The molecule has 0 bridgehead atoms. The third-order valence-corrected chi connectivity index (χ3v) is 5.03. The summed E-state index contributed by atoms with van der Waals surface area (Å²) in [6.45, 7) is 3.15. The van der Waals surface area contributed by atoms with Crippen LogP contribution in [0.25, 0.3) is 0 Å². The molecule has 2 aromatic rings. The summed E-state index contributed by atoms with van der Waals surface area (Å²) >= 11 is 0.515. The molecule has 0 saturated carbocycles. The number of carbonyl (C=O) groups excluding carboxylic acids is 1. The number of likely N-dealkylation sites (N-methyl/N-ethyl adjacent to an activating group) is 1. The molecule has 0 aliphatic carbocycles. The minimum absolute atomic E-state index is 0. The highest BCUT2D eigenvalue weighted by atomic mass is 35.5. The first-order valence-corrected chi connectivity index (χ1v) is 9.29. The predicted molar refractivity (Wildman–Crippen MR) is 109 cm³/mol. The summed E-state index contributed by atoms with van der Waals surface area (Å²) in [5, 5.41) is 3.23. The van der Waals surface area contributed by atoms with Crippen LogP contribution in [0.15, 0.2) is 53.4 Å². The van der Waals surface area contributed by atoms with Crippen molar-refractivity contribution in [2.45, 2.75) is 10.7 Å². The van der Waals surface area contributed by atoms with Gasteiger partial charge in [-0.3, -0.25) is 4.79 Å². The summed E-state index contributed by atoms with van der Waals surface area (Å²) in [6, 6.07) is 14.1. The molecule has 0 spiro atoms. The van der Waals surface area contributed by atoms with Crippen LogP contribution >= 0.6 is 24.2 Å². The molecule has 1 aliphatic heterocycles. The summed E-state index contributed by atoms with van der Waals surface area (Å²) in [5.41, 5.74) is 2.08. The van der Waals surface area contributed by atoms with E-state index < -0.39 is 5.76 Å². The molecule has 2 aromatic carbocycles. The maximum absolute atomic E-state index is 12.9. The molecule has 8 heteroatoms. The number of hydrogen-bond donors (Lipinski definition) is 1. The minimum atomic E-state index is -2.43. The van der Waals surface area contributed by atoms with E-state index in [4.69, 9.17) is 0 Å². The average molecular weight is 414 g/mol. The van der Waals surface area contributed by atoms with Crippen LogP contribution in [-0.2, 0) is 0 Å². The van der Waals surface area contributed by atoms with E-state index in [0.29, 0.717) is 41.0 Å². The number of halogens is 3. The number of nitrogens with zero attached hydrogens (tertiary/aromatic N) is 2. The molecule has 3 rings (SSSR count). The second kappa shape index (κ2) is 9.92. The largest absolute Gasteiger partial charge is 0.355 e. The fourth-order valence-corrected chi connectivity index (χ4v) is 3.33. The van der Waals surface area contributed by atoms with Gasteiger partial charge in [-0.1, -0.05) is 23.9 Å². The highest BCUT2D eigenvalue weighted by molar-refractivity contribution is 7.99. The summed E-state index contributed by atoms with van der Waals surface area (Å²) in [4.78, 5) is 17.4. The molecule has 1 N–H and O–H groups in total. The zero-order valence-electron chi connectivity index (χ0n) is 14.9. The molecule has 1 heterocycles. The first kappa shape index (κ1) is 21.5. The van der Waals surface area contributed by atoms with Crippen molar-refractivity contribution < 1.29 is 13.6 Å². The third-order valence-electron chi connectivity index (χ3n) is 4.31. The lowest BCUT2D eigenvalue weighted by Crippen LogP contribution is -2.47. The molecule has 0 unspecified atom stereocenters. The fraction of sp³-hybridized carbons (Fsp3) is 0.316. The Morgan fingerprint density at radius 1 is 1.04 bits per heavy atom. The predicted octanol–water partition coefficient (Wildman–Crippen LogP) is 4.55. The first-order valence-electron chi connectivity index (χ1n) is 8.41. The van der Waals surface area contributed by atoms with Gasteiger partial charge in [0, 0.05) is 36.8 Å². The Balaban J connectivity index is 0.00000261. The molecule has 146 valence electrons. The number of anilines is 2. The number of carbonyl (C=O) groups is 1. The molecule has 1 saturated heterocycles. The molecular weight excluding hydrogens is 392 g/mol. The number of hydrogen-bond acceptors (Lipinski definition) is 4. The third kappa shape index (κ3) is 5.82. The van der Waals surface area contributed by atoms with E-state index in [-0.39, 0.29) is 18.3 Å². The number of rotatable bonds is 5. The Bertz CT molecular complexity index is 753. The molecule has 1 amide bonds. The highest BCUT2D eigenvalue weighted by Crippen LogP contribution is 2.28. The summed E-state index contributed by atoms with van der Waals surface area (Å²) in [6.07, 6.45) is 0. The van der Waals surface area contributed by atoms with Crippen molar-refractivity contribution in [1.29, 1.82) is 0 Å². The van der Waals surface area contributed by atoms with Crippen LogP contribution in [0.3, 0.4) is 0 Å². The molecule has 1 aliphatic rings. The van der Waals surface area contributed by atoms with E-state index in [0.717, 1.165) is 18.8 Å². The quantitative estimate of drug-likeness (QED) is 0.729. The topological polar surface area (TPSA) is 35.6 Å². The van der Waals surface area contributed by atoms with Crippen molar-refractivity contribution >= 4 is 41.5 Å². The van der Waals surface area contributed by atoms with Gasteiger partial charge >= 0.3 is 0 Å². The van der Waals surface area contributed by atoms with Crippen LogP contribution in [0.4, 0.5) is 20.2 Å². The van der Waals surface area contributed by atoms with Gasteiger partial charge in [-0.15, -0.1) is 12.4 Å². The van der Waals surface area contributed by atoms with Crippen LogP contribution in [-0.4, -0.2) is 54.7 Å². The number of thioether (sulfide) groups is 1. The molecule has 0 aromatic heterocycles. The molecular formula is C19H22ClF2N3OS. The lowest BCUT2D eigenvalue weighted by Gasteiger charge is -2.32. The molecule has 27 heavy (non-hydrogen) atoms. The van der Waals surface area contributed by atoms with Gasteiger partial charge in [0.2, 0.25) is 0 Å². The lowest BCUT2D eigenvalue weighted by atomic mass is 10.1. The smallest absolute Gasteiger partial charge is 0.288 e. The Morgan fingerprint density at radius 2 is 1.67 bits per heavy atom. The molecule has 0 radical (unpaired) electrons. The van der Waals surface area contributed by atoms with Gasteiger partial charge in [-0.05, 0) is 43.4 Å². The van der Waals surface area contributed by atoms with E-state index in [2.05, 4.69) is 10.2 Å². The van der Waals surface area contributed by atoms with Gasteiger partial charge in [0.15, 0.2) is 0 Å². The standard InChI is InChI=1S/C19H21F2N3OS.ClH/c1-23-10-12-24(13-11-23)18(25)16-4-2-3-5-17(16)22-14-6-8-15(9-7-14)26-19(20)21;/h2-9,19,22H,10-13H2,1H3;1H. The maximum Gasteiger partial charge on any atom is 0.288 e. The second-order valence-electron chi connectivity index (χ2n) is 6.17. The van der Waals surface area contributed by atoms with E-state index in [1.165, 1.54) is 0 Å². The lowest BCUT2D eigenvalue weighted by molar-refractivity contribution is 0.0665. The van der Waals surface area contributed by atoms with Crippen LogP contribution in [0.5, 0.6) is 0 Å². The second-order valence-corrected chi connectivity index (χ2v) is 7.23. The van der Waals surface area contributed by atoms with Crippen LogP contribution in [0.1, 0.15) is 10.4 Å². The number of amides is 1. The van der Waals surface area contributed by atoms with Crippen molar-refractivity contribution in [3.05, 3.63) is 54.1 Å². The van der Waals surface area contributed by atoms with Crippen LogP contribution in [0, 0.1) is 0 Å². The molecule has 0 atom stereocenters. The Hall–Kier alpha value is -1.83. The van der Waals surface area contributed by atoms with E-state index in [1.54, 1.807) is 24.3 Å². The van der Waals surface area contributed by atoms with Gasteiger partial charge in [-0.25, -0.2) is 0 Å². The molecule has 4 nitrogen and oxygen atoms in total. The molecule has 1 fully saturated rings. The van der Waals surface area contributed by atoms with Crippen molar-refractivity contribution in [3.8, 4) is 0 Å². The van der Waals surface area contributed by atoms with Crippen LogP contribution < -0.4 is 5.32 Å². The zero-order chi connectivity index (χ0) is 18.5. The van der Waals surface area contributed by atoms with Gasteiger partial charge in [-0.2, -0.15) is 8.78 Å². The first-order chi connectivity index (χ1) is 12.5. The highest BCUT2D eigenvalue weighted by Gasteiger charge is 2.22. The Kier molecular flexibility index (Phi) is 7.89. The number of piperazine rings is 1. The zero-order valence-corrected chi connectivity index (χ0v) is 16.5. The summed E-state index contributed by atoms with van der Waals surface area (Å²) in [5.74, 6) is -2.43. The SMILES string of the molecule is CN1CCN(C(=O)c2ccccc2Nc2ccc(SC(F)F)cc2)CC1.Cl.